The van der Waals surface area contributed by atoms with Gasteiger partial charge in [-0.1, -0.05) is 0 Å². The fraction of sp³-hybridized carbons (Fsp3) is 0.500. The molecule has 0 saturated carbocycles. The zero-order chi connectivity index (χ0) is 12.1. The molecule has 1 amide bonds. The molecule has 0 aromatic carbocycles. The third kappa shape index (κ3) is 3.08. The molecule has 0 spiro atoms. The number of amides is 1. The Bertz CT molecular complexity index is 386. The van der Waals surface area contributed by atoms with Gasteiger partial charge in [0.15, 0.2) is 0 Å². The van der Waals surface area contributed by atoms with E-state index in [2.05, 4.69) is 4.98 Å². The Labute approximate surface area is 93.5 Å². The first kappa shape index (κ1) is 12.2. The van der Waals surface area contributed by atoms with E-state index in [0.717, 1.165) is 0 Å². The third-order valence-corrected chi connectivity index (χ3v) is 2.19. The quantitative estimate of drug-likeness (QED) is 0.784. The summed E-state index contributed by atoms with van der Waals surface area (Å²) < 4.78 is 1.68. The molecular formula is C10H15N3O3. The summed E-state index contributed by atoms with van der Waals surface area (Å²) in [7, 11) is 1.78. The SMILES string of the molecule is CCN(CCC(=O)O)C(=O)c1cn(C)cn1. The summed E-state index contributed by atoms with van der Waals surface area (Å²) >= 11 is 0. The van der Waals surface area contributed by atoms with Gasteiger partial charge in [-0.25, -0.2) is 4.98 Å². The number of aryl methyl sites for hydroxylation is 1. The molecule has 0 aliphatic rings. The molecule has 0 saturated heterocycles. The van der Waals surface area contributed by atoms with E-state index in [-0.39, 0.29) is 18.9 Å². The van der Waals surface area contributed by atoms with Crippen molar-refractivity contribution in [2.45, 2.75) is 13.3 Å². The number of carbonyl (C=O) groups excluding carboxylic acids is 1. The molecule has 1 aromatic heterocycles. The lowest BCUT2D eigenvalue weighted by atomic mass is 10.3. The van der Waals surface area contributed by atoms with E-state index in [9.17, 15) is 9.59 Å². The first-order chi connectivity index (χ1) is 7.54. The number of hydrogen-bond donors (Lipinski definition) is 1. The first-order valence-electron chi connectivity index (χ1n) is 5.03. The number of aromatic nitrogens is 2. The van der Waals surface area contributed by atoms with Gasteiger partial charge in [0.1, 0.15) is 5.69 Å². The summed E-state index contributed by atoms with van der Waals surface area (Å²) in [6.07, 6.45) is 3.11. The lowest BCUT2D eigenvalue weighted by Crippen LogP contribution is -2.33. The van der Waals surface area contributed by atoms with Crippen LogP contribution in [0.15, 0.2) is 12.5 Å². The predicted octanol–water partition coefficient (Wildman–Crippen LogP) is 0.357. The van der Waals surface area contributed by atoms with Gasteiger partial charge in [-0.15, -0.1) is 0 Å². The van der Waals surface area contributed by atoms with Crippen LogP contribution in [-0.2, 0) is 11.8 Å². The highest BCUT2D eigenvalue weighted by Gasteiger charge is 2.16. The Hall–Kier alpha value is -1.85. The number of imidazole rings is 1. The number of carboxylic acids is 1. The van der Waals surface area contributed by atoms with E-state index in [1.54, 1.807) is 17.8 Å². The molecule has 0 aliphatic heterocycles. The molecule has 0 unspecified atom stereocenters. The summed E-state index contributed by atoms with van der Waals surface area (Å²) in [6.45, 7) is 2.49. The van der Waals surface area contributed by atoms with Gasteiger partial charge in [-0.05, 0) is 6.92 Å². The van der Waals surface area contributed by atoms with Crippen molar-refractivity contribution in [2.75, 3.05) is 13.1 Å². The maximum atomic E-state index is 11.9. The number of hydrogen-bond acceptors (Lipinski definition) is 3. The minimum absolute atomic E-state index is 0.0492. The number of aliphatic carboxylic acids is 1. The first-order valence-corrected chi connectivity index (χ1v) is 5.03. The summed E-state index contributed by atoms with van der Waals surface area (Å²) in [5.74, 6) is -1.14. The third-order valence-electron chi connectivity index (χ3n) is 2.19. The van der Waals surface area contributed by atoms with Gasteiger partial charge in [-0.2, -0.15) is 0 Å². The Kier molecular flexibility index (Phi) is 4.04. The second-order valence-electron chi connectivity index (χ2n) is 3.45. The van der Waals surface area contributed by atoms with Crippen LogP contribution in [0.5, 0.6) is 0 Å². The van der Waals surface area contributed by atoms with Crippen LogP contribution < -0.4 is 0 Å². The second kappa shape index (κ2) is 5.29. The maximum absolute atomic E-state index is 11.9. The molecule has 0 aliphatic carbocycles. The number of carbonyl (C=O) groups is 2. The molecule has 0 atom stereocenters. The van der Waals surface area contributed by atoms with Crippen molar-refractivity contribution in [2.24, 2.45) is 7.05 Å². The summed E-state index contributed by atoms with van der Waals surface area (Å²) in [6, 6.07) is 0. The van der Waals surface area contributed by atoms with Crippen molar-refractivity contribution >= 4 is 11.9 Å². The fourth-order valence-corrected chi connectivity index (χ4v) is 1.32. The monoisotopic (exact) mass is 225 g/mol. The molecule has 1 rings (SSSR count). The van der Waals surface area contributed by atoms with Crippen LogP contribution >= 0.6 is 0 Å². The molecule has 1 heterocycles. The van der Waals surface area contributed by atoms with Gasteiger partial charge >= 0.3 is 5.97 Å². The minimum atomic E-state index is -0.910. The molecular weight excluding hydrogens is 210 g/mol. The molecule has 0 fully saturated rings. The van der Waals surface area contributed by atoms with Crippen molar-refractivity contribution in [3.05, 3.63) is 18.2 Å². The summed E-state index contributed by atoms with van der Waals surface area (Å²) in [5, 5.41) is 8.56. The normalized spacial score (nSPS) is 10.1. The maximum Gasteiger partial charge on any atom is 0.305 e. The molecule has 88 valence electrons. The molecule has 0 bridgehead atoms. The molecule has 0 radical (unpaired) electrons. The topological polar surface area (TPSA) is 75.4 Å². The van der Waals surface area contributed by atoms with Crippen LogP contribution in [0.3, 0.4) is 0 Å². The highest BCUT2D eigenvalue weighted by molar-refractivity contribution is 5.92. The van der Waals surface area contributed by atoms with E-state index in [0.29, 0.717) is 12.2 Å². The van der Waals surface area contributed by atoms with Crippen LogP contribution in [0.1, 0.15) is 23.8 Å². The van der Waals surface area contributed by atoms with Gasteiger partial charge in [-0.3, -0.25) is 9.59 Å². The summed E-state index contributed by atoms with van der Waals surface area (Å²) in [4.78, 5) is 27.7. The van der Waals surface area contributed by atoms with Crippen LogP contribution in [-0.4, -0.2) is 44.5 Å². The average Bonchev–Trinajstić information content (AvgIpc) is 2.65. The zero-order valence-electron chi connectivity index (χ0n) is 9.38. The van der Waals surface area contributed by atoms with Gasteiger partial charge in [0.2, 0.25) is 0 Å². The Morgan fingerprint density at radius 1 is 1.56 bits per heavy atom. The predicted molar refractivity (Wildman–Crippen MR) is 57.0 cm³/mol. The highest BCUT2D eigenvalue weighted by Crippen LogP contribution is 2.02. The lowest BCUT2D eigenvalue weighted by Gasteiger charge is -2.18. The molecule has 6 heteroatoms. The second-order valence-corrected chi connectivity index (χ2v) is 3.45. The van der Waals surface area contributed by atoms with Crippen molar-refractivity contribution in [1.82, 2.24) is 14.5 Å². The molecule has 1 aromatic rings. The van der Waals surface area contributed by atoms with Crippen LogP contribution in [0.25, 0.3) is 0 Å². The van der Waals surface area contributed by atoms with Crippen molar-refractivity contribution in [3.63, 3.8) is 0 Å². The summed E-state index contributed by atoms with van der Waals surface area (Å²) in [5.41, 5.74) is 0.342. The Balaban J connectivity index is 2.66. The van der Waals surface area contributed by atoms with Crippen LogP contribution in [0.2, 0.25) is 0 Å². The molecule has 6 nitrogen and oxygen atoms in total. The van der Waals surface area contributed by atoms with Crippen molar-refractivity contribution in [3.8, 4) is 0 Å². The largest absolute Gasteiger partial charge is 0.481 e. The van der Waals surface area contributed by atoms with Crippen molar-refractivity contribution < 1.29 is 14.7 Å². The smallest absolute Gasteiger partial charge is 0.305 e. The number of rotatable bonds is 5. The lowest BCUT2D eigenvalue weighted by molar-refractivity contribution is -0.137. The Morgan fingerprint density at radius 2 is 2.25 bits per heavy atom. The van der Waals surface area contributed by atoms with Crippen molar-refractivity contribution in [1.29, 1.82) is 0 Å². The van der Waals surface area contributed by atoms with Gasteiger partial charge in [0, 0.05) is 26.3 Å². The molecule has 16 heavy (non-hydrogen) atoms. The molecule has 1 N–H and O–H groups in total. The van der Waals surface area contributed by atoms with Gasteiger partial charge < -0.3 is 14.6 Å². The van der Waals surface area contributed by atoms with Gasteiger partial charge in [0.05, 0.1) is 12.7 Å². The van der Waals surface area contributed by atoms with E-state index in [1.807, 2.05) is 6.92 Å². The van der Waals surface area contributed by atoms with Gasteiger partial charge in [0.25, 0.3) is 5.91 Å². The van der Waals surface area contributed by atoms with E-state index in [4.69, 9.17) is 5.11 Å². The Morgan fingerprint density at radius 3 is 2.69 bits per heavy atom. The fourth-order valence-electron chi connectivity index (χ4n) is 1.32. The average molecular weight is 225 g/mol. The number of nitrogens with zero attached hydrogens (tertiary/aromatic N) is 3. The van der Waals surface area contributed by atoms with Crippen LogP contribution in [0.4, 0.5) is 0 Å². The number of carboxylic acid groups (broad SMARTS) is 1. The standard InChI is InChI=1S/C10H15N3O3/c1-3-13(5-4-9(14)15)10(16)8-6-12(2)7-11-8/h6-7H,3-5H2,1-2H3,(H,14,15). The van der Waals surface area contributed by atoms with E-state index in [1.165, 1.54) is 11.2 Å². The van der Waals surface area contributed by atoms with E-state index >= 15 is 0 Å². The zero-order valence-corrected chi connectivity index (χ0v) is 9.38. The minimum Gasteiger partial charge on any atom is -0.481 e. The van der Waals surface area contributed by atoms with E-state index < -0.39 is 5.97 Å². The van der Waals surface area contributed by atoms with Crippen LogP contribution in [0, 0.1) is 0 Å². The highest BCUT2D eigenvalue weighted by atomic mass is 16.4.